The van der Waals surface area contributed by atoms with Gasteiger partial charge in [0.1, 0.15) is 0 Å². The third-order valence-electron chi connectivity index (χ3n) is 5.02. The van der Waals surface area contributed by atoms with Gasteiger partial charge in [-0.05, 0) is 12.0 Å². The third-order valence-corrected chi connectivity index (χ3v) is 5.02. The SMILES string of the molecule is Cn1c(=O)c2c(nc(N3CC[C@H](N)C3)n2Cc2ccccc2)n(C)c1=O. The van der Waals surface area contributed by atoms with Gasteiger partial charge in [0.2, 0.25) is 5.95 Å². The molecule has 0 saturated carbocycles. The summed E-state index contributed by atoms with van der Waals surface area (Å²) in [6.07, 6.45) is 0.880. The maximum absolute atomic E-state index is 12.9. The molecule has 2 aromatic heterocycles. The van der Waals surface area contributed by atoms with Gasteiger partial charge in [-0.3, -0.25) is 18.5 Å². The Balaban J connectivity index is 1.99. The average Bonchev–Trinajstić information content (AvgIpc) is 3.23. The summed E-state index contributed by atoms with van der Waals surface area (Å²) in [5.41, 5.74) is 7.27. The van der Waals surface area contributed by atoms with Gasteiger partial charge >= 0.3 is 5.69 Å². The predicted octanol–water partition coefficient (Wildman–Crippen LogP) is 0.0194. The first-order chi connectivity index (χ1) is 12.5. The van der Waals surface area contributed by atoms with E-state index in [9.17, 15) is 9.59 Å². The summed E-state index contributed by atoms with van der Waals surface area (Å²) in [7, 11) is 3.14. The largest absolute Gasteiger partial charge is 0.341 e. The van der Waals surface area contributed by atoms with Crippen molar-refractivity contribution in [3.63, 3.8) is 0 Å². The van der Waals surface area contributed by atoms with Crippen molar-refractivity contribution in [3.8, 4) is 0 Å². The monoisotopic (exact) mass is 354 g/mol. The molecule has 1 aromatic carbocycles. The van der Waals surface area contributed by atoms with Crippen LogP contribution in [0.1, 0.15) is 12.0 Å². The maximum atomic E-state index is 12.9. The lowest BCUT2D eigenvalue weighted by Crippen LogP contribution is -2.37. The lowest BCUT2D eigenvalue weighted by molar-refractivity contribution is 0.701. The van der Waals surface area contributed by atoms with E-state index in [0.717, 1.165) is 23.1 Å². The van der Waals surface area contributed by atoms with Crippen molar-refractivity contribution in [1.29, 1.82) is 0 Å². The number of nitrogens with zero attached hydrogens (tertiary/aromatic N) is 5. The van der Waals surface area contributed by atoms with E-state index < -0.39 is 0 Å². The number of aryl methyl sites for hydroxylation is 1. The van der Waals surface area contributed by atoms with E-state index in [1.165, 1.54) is 11.6 Å². The van der Waals surface area contributed by atoms with Crippen LogP contribution < -0.4 is 21.9 Å². The predicted molar refractivity (Wildman–Crippen MR) is 101 cm³/mol. The average molecular weight is 354 g/mol. The molecule has 0 unspecified atom stereocenters. The first-order valence-electron chi connectivity index (χ1n) is 8.68. The molecule has 8 nitrogen and oxygen atoms in total. The van der Waals surface area contributed by atoms with Crippen LogP contribution in [0.15, 0.2) is 39.9 Å². The van der Waals surface area contributed by atoms with Gasteiger partial charge in [0, 0.05) is 33.2 Å². The van der Waals surface area contributed by atoms with Gasteiger partial charge in [-0.1, -0.05) is 30.3 Å². The second kappa shape index (κ2) is 6.14. The molecule has 3 heterocycles. The van der Waals surface area contributed by atoms with Gasteiger partial charge in [-0.15, -0.1) is 0 Å². The molecule has 1 aliphatic rings. The zero-order valence-corrected chi connectivity index (χ0v) is 14.9. The van der Waals surface area contributed by atoms with E-state index in [2.05, 4.69) is 9.88 Å². The van der Waals surface area contributed by atoms with Crippen LogP contribution in [0.3, 0.4) is 0 Å². The van der Waals surface area contributed by atoms with Gasteiger partial charge in [-0.2, -0.15) is 4.98 Å². The van der Waals surface area contributed by atoms with E-state index in [1.807, 2.05) is 34.9 Å². The fourth-order valence-corrected chi connectivity index (χ4v) is 3.56. The number of hydrogen-bond donors (Lipinski definition) is 1. The van der Waals surface area contributed by atoms with Crippen molar-refractivity contribution in [2.24, 2.45) is 19.8 Å². The molecule has 1 atom stereocenters. The first kappa shape index (κ1) is 16.6. The molecule has 0 aliphatic carbocycles. The summed E-state index contributed by atoms with van der Waals surface area (Å²) in [6.45, 7) is 1.98. The minimum absolute atomic E-state index is 0.0895. The van der Waals surface area contributed by atoms with Gasteiger partial charge < -0.3 is 10.6 Å². The van der Waals surface area contributed by atoms with Crippen LogP contribution in [0, 0.1) is 0 Å². The number of aromatic nitrogens is 4. The van der Waals surface area contributed by atoms with Crippen molar-refractivity contribution in [2.45, 2.75) is 19.0 Å². The Hall–Kier alpha value is -2.87. The molecule has 0 spiro atoms. The minimum Gasteiger partial charge on any atom is -0.341 e. The van der Waals surface area contributed by atoms with E-state index in [-0.39, 0.29) is 17.3 Å². The number of benzene rings is 1. The standard InChI is InChI=1S/C18H22N6O2/c1-21-15-14(16(25)22(2)18(21)26)24(10-12-6-4-3-5-7-12)17(20-15)23-9-8-13(19)11-23/h3-7,13H,8-11,19H2,1-2H3/t13-/m0/s1. The van der Waals surface area contributed by atoms with Gasteiger partial charge in [-0.25, -0.2) is 4.79 Å². The van der Waals surface area contributed by atoms with Crippen LogP contribution in [0.25, 0.3) is 11.2 Å². The highest BCUT2D eigenvalue weighted by atomic mass is 16.2. The van der Waals surface area contributed by atoms with Crippen molar-refractivity contribution >= 4 is 17.1 Å². The Kier molecular flexibility index (Phi) is 3.91. The lowest BCUT2D eigenvalue weighted by Gasteiger charge is -2.19. The fourth-order valence-electron chi connectivity index (χ4n) is 3.56. The number of imidazole rings is 1. The van der Waals surface area contributed by atoms with E-state index in [4.69, 9.17) is 5.73 Å². The number of hydrogen-bond acceptors (Lipinski definition) is 5. The summed E-state index contributed by atoms with van der Waals surface area (Å²) in [5, 5.41) is 0. The van der Waals surface area contributed by atoms with Crippen LogP contribution in [-0.2, 0) is 20.6 Å². The normalized spacial score (nSPS) is 17.3. The molecule has 0 radical (unpaired) electrons. The highest BCUT2D eigenvalue weighted by Crippen LogP contribution is 2.24. The second-order valence-corrected chi connectivity index (χ2v) is 6.86. The quantitative estimate of drug-likeness (QED) is 0.716. The van der Waals surface area contributed by atoms with Crippen LogP contribution in [0.5, 0.6) is 0 Å². The van der Waals surface area contributed by atoms with Gasteiger partial charge in [0.25, 0.3) is 5.56 Å². The summed E-state index contributed by atoms with van der Waals surface area (Å²) in [4.78, 5) is 31.9. The highest BCUT2D eigenvalue weighted by Gasteiger charge is 2.27. The van der Waals surface area contributed by atoms with Crippen LogP contribution >= 0.6 is 0 Å². The molecule has 1 saturated heterocycles. The first-order valence-corrected chi connectivity index (χ1v) is 8.68. The van der Waals surface area contributed by atoms with Crippen LogP contribution in [0.2, 0.25) is 0 Å². The molecule has 0 bridgehead atoms. The molecule has 1 fully saturated rings. The lowest BCUT2D eigenvalue weighted by atomic mass is 10.2. The Morgan fingerprint density at radius 2 is 1.88 bits per heavy atom. The summed E-state index contributed by atoms with van der Waals surface area (Å²) in [6, 6.07) is 10.0. The van der Waals surface area contributed by atoms with Crippen molar-refractivity contribution in [3.05, 3.63) is 56.7 Å². The van der Waals surface area contributed by atoms with E-state index in [0.29, 0.717) is 30.2 Å². The molecule has 2 N–H and O–H groups in total. The molecular formula is C18H22N6O2. The smallest absolute Gasteiger partial charge is 0.332 e. The van der Waals surface area contributed by atoms with Crippen molar-refractivity contribution in [1.82, 2.24) is 18.7 Å². The Morgan fingerprint density at radius 3 is 2.54 bits per heavy atom. The summed E-state index contributed by atoms with van der Waals surface area (Å²) in [5.74, 6) is 0.690. The van der Waals surface area contributed by atoms with Crippen LogP contribution in [0.4, 0.5) is 5.95 Å². The molecule has 4 rings (SSSR count). The molecular weight excluding hydrogens is 332 g/mol. The van der Waals surface area contributed by atoms with E-state index >= 15 is 0 Å². The van der Waals surface area contributed by atoms with E-state index in [1.54, 1.807) is 7.05 Å². The number of rotatable bonds is 3. The van der Waals surface area contributed by atoms with Crippen LogP contribution in [-0.4, -0.2) is 37.8 Å². The summed E-state index contributed by atoms with van der Waals surface area (Å²) >= 11 is 0. The molecule has 1 aliphatic heterocycles. The number of anilines is 1. The maximum Gasteiger partial charge on any atom is 0.332 e. The zero-order chi connectivity index (χ0) is 18.4. The Labute approximate surface area is 150 Å². The van der Waals surface area contributed by atoms with Gasteiger partial charge in [0.15, 0.2) is 11.2 Å². The highest BCUT2D eigenvalue weighted by molar-refractivity contribution is 5.75. The Morgan fingerprint density at radius 1 is 1.15 bits per heavy atom. The molecule has 26 heavy (non-hydrogen) atoms. The number of nitrogens with two attached hydrogens (primary N) is 1. The Bertz CT molecular complexity index is 1080. The summed E-state index contributed by atoms with van der Waals surface area (Å²) < 4.78 is 4.47. The molecule has 0 amide bonds. The fraction of sp³-hybridized carbons (Fsp3) is 0.389. The molecule has 136 valence electrons. The molecule has 3 aromatic rings. The minimum atomic E-state index is -0.378. The van der Waals surface area contributed by atoms with Crippen molar-refractivity contribution in [2.75, 3.05) is 18.0 Å². The topological polar surface area (TPSA) is 91.1 Å². The number of fused-ring (bicyclic) bond motifs is 1. The third kappa shape index (κ3) is 2.53. The van der Waals surface area contributed by atoms with Gasteiger partial charge in [0.05, 0.1) is 6.54 Å². The zero-order valence-electron chi connectivity index (χ0n) is 14.9. The van der Waals surface area contributed by atoms with Crippen molar-refractivity contribution < 1.29 is 0 Å². The molecule has 8 heteroatoms. The second-order valence-electron chi connectivity index (χ2n) is 6.86.